The normalized spacial score (nSPS) is 10.5. The predicted octanol–water partition coefficient (Wildman–Crippen LogP) is 0.930. The Morgan fingerprint density at radius 1 is 1.70 bits per heavy atom. The fraction of sp³-hybridized carbons (Fsp3) is 0.143. The first-order chi connectivity index (χ1) is 4.83. The number of H-pyrrole nitrogens is 1. The molecule has 1 heterocycles. The van der Waals surface area contributed by atoms with E-state index in [-0.39, 0.29) is 0 Å². The van der Waals surface area contributed by atoms with E-state index in [4.69, 9.17) is 0 Å². The number of hydrogen-bond donors (Lipinski definition) is 1. The van der Waals surface area contributed by atoms with E-state index in [9.17, 15) is 4.79 Å². The summed E-state index contributed by atoms with van der Waals surface area (Å²) in [4.78, 5) is 16.8. The highest BCUT2D eigenvalue weighted by molar-refractivity contribution is 5.72. The van der Waals surface area contributed by atoms with Gasteiger partial charge in [0.05, 0.1) is 11.9 Å². The maximum absolute atomic E-state index is 9.86. The Balaban J connectivity index is 2.75. The minimum Gasteiger partial charge on any atom is -0.343 e. The third kappa shape index (κ3) is 1.55. The van der Waals surface area contributed by atoms with Gasteiger partial charge in [-0.15, -0.1) is 0 Å². The smallest absolute Gasteiger partial charge is 0.142 e. The van der Waals surface area contributed by atoms with E-state index in [0.29, 0.717) is 0 Å². The molecule has 0 amide bonds. The van der Waals surface area contributed by atoms with E-state index < -0.39 is 0 Å². The number of carbonyl (C=O) groups excluding carboxylic acids is 1. The summed E-state index contributed by atoms with van der Waals surface area (Å²) in [5.74, 6) is 0.852. The average Bonchev–Trinajstić information content (AvgIpc) is 2.31. The molecule has 0 saturated heterocycles. The van der Waals surface area contributed by atoms with Gasteiger partial charge in [0.15, 0.2) is 0 Å². The second-order valence-corrected chi connectivity index (χ2v) is 1.92. The van der Waals surface area contributed by atoms with Crippen LogP contribution in [0.15, 0.2) is 12.3 Å². The number of imidazole rings is 1. The van der Waals surface area contributed by atoms with Crippen molar-refractivity contribution in [1.82, 2.24) is 9.97 Å². The molecule has 0 aliphatic rings. The largest absolute Gasteiger partial charge is 0.343 e. The Hall–Kier alpha value is -1.38. The molecule has 0 aliphatic heterocycles. The first-order valence-corrected chi connectivity index (χ1v) is 2.96. The Bertz CT molecular complexity index is 250. The number of carbonyl (C=O) groups is 1. The molecule has 0 bridgehead atoms. The molecule has 0 unspecified atom stereocenters. The van der Waals surface area contributed by atoms with Crippen LogP contribution in [0, 0.1) is 6.92 Å². The Morgan fingerprint density at radius 3 is 3.00 bits per heavy atom. The standard InChI is InChI=1S/C7H8N2O/c1-6-8-5-7(9-6)3-2-4-10/h2-5H,1H3,(H,8,9). The lowest BCUT2D eigenvalue weighted by Gasteiger charge is -1.79. The highest BCUT2D eigenvalue weighted by Crippen LogP contribution is 1.96. The second-order valence-electron chi connectivity index (χ2n) is 1.92. The Kier molecular flexibility index (Phi) is 1.99. The molecule has 0 radical (unpaired) electrons. The molecule has 0 aliphatic carbocycles. The fourth-order valence-corrected chi connectivity index (χ4v) is 0.667. The van der Waals surface area contributed by atoms with Crippen LogP contribution < -0.4 is 0 Å². The van der Waals surface area contributed by atoms with Crippen molar-refractivity contribution in [2.24, 2.45) is 0 Å². The van der Waals surface area contributed by atoms with Crippen LogP contribution in [0.2, 0.25) is 0 Å². The van der Waals surface area contributed by atoms with Crippen molar-refractivity contribution < 1.29 is 4.79 Å². The zero-order chi connectivity index (χ0) is 7.40. The number of aldehydes is 1. The van der Waals surface area contributed by atoms with Crippen LogP contribution in [-0.4, -0.2) is 16.3 Å². The van der Waals surface area contributed by atoms with Gasteiger partial charge in [-0.3, -0.25) is 4.79 Å². The summed E-state index contributed by atoms with van der Waals surface area (Å²) in [6.07, 6.45) is 5.51. The number of rotatable bonds is 2. The fourth-order valence-electron chi connectivity index (χ4n) is 0.667. The van der Waals surface area contributed by atoms with Crippen molar-refractivity contribution in [2.45, 2.75) is 6.92 Å². The molecule has 0 fully saturated rings. The van der Waals surface area contributed by atoms with Gasteiger partial charge in [-0.2, -0.15) is 0 Å². The molecular weight excluding hydrogens is 128 g/mol. The third-order valence-corrected chi connectivity index (χ3v) is 1.08. The first-order valence-electron chi connectivity index (χ1n) is 2.96. The molecule has 1 rings (SSSR count). The highest BCUT2D eigenvalue weighted by atomic mass is 16.1. The van der Waals surface area contributed by atoms with Crippen molar-refractivity contribution in [3.8, 4) is 0 Å². The summed E-state index contributed by atoms with van der Waals surface area (Å²) in [5, 5.41) is 0. The van der Waals surface area contributed by atoms with Crippen molar-refractivity contribution >= 4 is 12.4 Å². The number of hydrogen-bond acceptors (Lipinski definition) is 2. The van der Waals surface area contributed by atoms with Gasteiger partial charge in [0.1, 0.15) is 12.1 Å². The quantitative estimate of drug-likeness (QED) is 0.485. The van der Waals surface area contributed by atoms with Crippen LogP contribution in [0.4, 0.5) is 0 Å². The van der Waals surface area contributed by atoms with E-state index in [1.165, 1.54) is 6.08 Å². The molecule has 3 heteroatoms. The molecule has 52 valence electrons. The lowest BCUT2D eigenvalue weighted by atomic mass is 10.4. The summed E-state index contributed by atoms with van der Waals surface area (Å²) in [6, 6.07) is 0. The first kappa shape index (κ1) is 6.74. The molecule has 0 saturated carbocycles. The summed E-state index contributed by atoms with van der Waals surface area (Å²) < 4.78 is 0. The molecule has 0 aromatic carbocycles. The summed E-state index contributed by atoms with van der Waals surface area (Å²) in [7, 11) is 0. The van der Waals surface area contributed by atoms with E-state index in [1.807, 2.05) is 6.92 Å². The lowest BCUT2D eigenvalue weighted by molar-refractivity contribution is -0.104. The van der Waals surface area contributed by atoms with Gasteiger partial charge in [-0.05, 0) is 19.1 Å². The number of nitrogens with one attached hydrogen (secondary N) is 1. The number of nitrogens with zero attached hydrogens (tertiary/aromatic N) is 1. The van der Waals surface area contributed by atoms with Crippen LogP contribution >= 0.6 is 0 Å². The summed E-state index contributed by atoms with van der Waals surface area (Å²) >= 11 is 0. The second kappa shape index (κ2) is 2.96. The molecule has 0 atom stereocenters. The van der Waals surface area contributed by atoms with Crippen molar-refractivity contribution in [1.29, 1.82) is 0 Å². The van der Waals surface area contributed by atoms with E-state index >= 15 is 0 Å². The molecular formula is C7H8N2O. The van der Waals surface area contributed by atoms with Crippen molar-refractivity contribution in [2.75, 3.05) is 0 Å². The summed E-state index contributed by atoms with van der Waals surface area (Å²) in [5.41, 5.74) is 0.851. The average molecular weight is 136 g/mol. The maximum atomic E-state index is 9.86. The molecule has 10 heavy (non-hydrogen) atoms. The number of aromatic nitrogens is 2. The highest BCUT2D eigenvalue weighted by Gasteiger charge is 1.88. The van der Waals surface area contributed by atoms with Gasteiger partial charge in [0, 0.05) is 0 Å². The van der Waals surface area contributed by atoms with Crippen LogP contribution in [0.25, 0.3) is 6.08 Å². The third-order valence-electron chi connectivity index (χ3n) is 1.08. The molecule has 0 spiro atoms. The van der Waals surface area contributed by atoms with E-state index in [1.54, 1.807) is 12.3 Å². The number of aryl methyl sites for hydroxylation is 1. The number of aromatic amines is 1. The SMILES string of the molecule is Cc1ncc(C=CC=O)[nH]1. The Labute approximate surface area is 58.8 Å². The van der Waals surface area contributed by atoms with Crippen molar-refractivity contribution in [3.63, 3.8) is 0 Å². The van der Waals surface area contributed by atoms with Crippen molar-refractivity contribution in [3.05, 3.63) is 23.8 Å². The van der Waals surface area contributed by atoms with Crippen LogP contribution in [0.1, 0.15) is 11.5 Å². The van der Waals surface area contributed by atoms with Crippen LogP contribution in [0.3, 0.4) is 0 Å². The van der Waals surface area contributed by atoms with Gasteiger partial charge in [-0.25, -0.2) is 4.98 Å². The van der Waals surface area contributed by atoms with Gasteiger partial charge in [-0.1, -0.05) is 0 Å². The maximum Gasteiger partial charge on any atom is 0.142 e. The molecule has 3 nitrogen and oxygen atoms in total. The molecule has 1 aromatic rings. The van der Waals surface area contributed by atoms with E-state index in [0.717, 1.165) is 17.8 Å². The zero-order valence-corrected chi connectivity index (χ0v) is 5.66. The Morgan fingerprint density at radius 2 is 2.50 bits per heavy atom. The topological polar surface area (TPSA) is 45.8 Å². The minimum absolute atomic E-state index is 0.732. The van der Waals surface area contributed by atoms with Gasteiger partial charge in [0.25, 0.3) is 0 Å². The van der Waals surface area contributed by atoms with Gasteiger partial charge in [0.2, 0.25) is 0 Å². The minimum atomic E-state index is 0.732. The molecule has 1 aromatic heterocycles. The zero-order valence-electron chi connectivity index (χ0n) is 5.66. The van der Waals surface area contributed by atoms with Crippen LogP contribution in [0.5, 0.6) is 0 Å². The van der Waals surface area contributed by atoms with Gasteiger partial charge < -0.3 is 4.98 Å². The summed E-state index contributed by atoms with van der Waals surface area (Å²) in [6.45, 7) is 1.86. The monoisotopic (exact) mass is 136 g/mol. The molecule has 1 N–H and O–H groups in total. The number of allylic oxidation sites excluding steroid dienone is 1. The van der Waals surface area contributed by atoms with E-state index in [2.05, 4.69) is 9.97 Å². The van der Waals surface area contributed by atoms with Gasteiger partial charge >= 0.3 is 0 Å². The van der Waals surface area contributed by atoms with Crippen LogP contribution in [-0.2, 0) is 4.79 Å². The lowest BCUT2D eigenvalue weighted by Crippen LogP contribution is -1.72. The predicted molar refractivity (Wildman–Crippen MR) is 38.4 cm³/mol.